The maximum Gasteiger partial charge on any atom is 0.250 e. The lowest BCUT2D eigenvalue weighted by molar-refractivity contribution is -0.115. The lowest BCUT2D eigenvalue weighted by Crippen LogP contribution is -2.52. The largest absolute Gasteiger partial charge is 0.353 e. The molecule has 1 saturated heterocycles. The second-order valence-corrected chi connectivity index (χ2v) is 6.67. The number of thiocarbonyl (C=S) groups is 1. The first-order valence-electron chi connectivity index (χ1n) is 7.70. The van der Waals surface area contributed by atoms with Gasteiger partial charge in [0.25, 0.3) is 0 Å². The van der Waals surface area contributed by atoms with Crippen LogP contribution in [0.4, 0.5) is 5.82 Å². The molecule has 7 heteroatoms. The van der Waals surface area contributed by atoms with E-state index in [1.807, 2.05) is 40.6 Å². The topological polar surface area (TPSA) is 48.5 Å². The summed E-state index contributed by atoms with van der Waals surface area (Å²) in [5.41, 5.74) is 0. The maximum atomic E-state index is 11.9. The summed E-state index contributed by atoms with van der Waals surface area (Å²) in [6, 6.07) is 9.82. The predicted molar refractivity (Wildman–Crippen MR) is 102 cm³/mol. The number of thiophene rings is 1. The molecule has 1 amide bonds. The minimum absolute atomic E-state index is 0.194. The van der Waals surface area contributed by atoms with E-state index in [1.165, 1.54) is 6.08 Å². The molecule has 2 aromatic heterocycles. The van der Waals surface area contributed by atoms with Crippen LogP contribution in [0, 0.1) is 0 Å². The van der Waals surface area contributed by atoms with Crippen LogP contribution in [0.3, 0.4) is 0 Å². The number of hydrogen-bond acceptors (Lipinski definition) is 5. The third-order valence-corrected chi connectivity index (χ3v) is 4.91. The summed E-state index contributed by atoms with van der Waals surface area (Å²) in [7, 11) is 0. The van der Waals surface area contributed by atoms with Gasteiger partial charge in [-0.2, -0.15) is 0 Å². The van der Waals surface area contributed by atoms with Crippen molar-refractivity contribution in [3.8, 4) is 0 Å². The Balaban J connectivity index is 1.47. The number of piperazine rings is 1. The molecule has 0 aliphatic carbocycles. The average Bonchev–Trinajstić information content (AvgIpc) is 3.14. The van der Waals surface area contributed by atoms with E-state index in [0.29, 0.717) is 5.11 Å². The van der Waals surface area contributed by atoms with Crippen molar-refractivity contribution in [3.63, 3.8) is 0 Å². The van der Waals surface area contributed by atoms with E-state index < -0.39 is 0 Å². The molecule has 0 bridgehead atoms. The van der Waals surface area contributed by atoms with Crippen LogP contribution in [0.1, 0.15) is 4.88 Å². The van der Waals surface area contributed by atoms with Crippen LogP contribution in [0.25, 0.3) is 6.08 Å². The Bertz CT molecular complexity index is 707. The van der Waals surface area contributed by atoms with Gasteiger partial charge < -0.3 is 9.80 Å². The summed E-state index contributed by atoms with van der Waals surface area (Å²) < 4.78 is 0. The molecule has 3 rings (SSSR count). The van der Waals surface area contributed by atoms with E-state index in [1.54, 1.807) is 23.6 Å². The lowest BCUT2D eigenvalue weighted by atomic mass is 10.3. The molecule has 0 aromatic carbocycles. The summed E-state index contributed by atoms with van der Waals surface area (Å²) in [5.74, 6) is 0.784. The monoisotopic (exact) mass is 358 g/mol. The quantitative estimate of drug-likeness (QED) is 0.674. The summed E-state index contributed by atoms with van der Waals surface area (Å²) in [4.78, 5) is 21.6. The molecule has 0 saturated carbocycles. The van der Waals surface area contributed by atoms with Crippen LogP contribution < -0.4 is 10.2 Å². The Hall–Kier alpha value is -2.25. The Morgan fingerprint density at radius 1 is 1.21 bits per heavy atom. The first-order valence-corrected chi connectivity index (χ1v) is 8.98. The van der Waals surface area contributed by atoms with Gasteiger partial charge in [-0.25, -0.2) is 4.98 Å². The third-order valence-electron chi connectivity index (χ3n) is 3.71. The van der Waals surface area contributed by atoms with Crippen LogP contribution in [-0.2, 0) is 4.79 Å². The summed E-state index contributed by atoms with van der Waals surface area (Å²) in [6.07, 6.45) is 5.11. The van der Waals surface area contributed by atoms with E-state index in [0.717, 1.165) is 36.9 Å². The van der Waals surface area contributed by atoms with Crippen LogP contribution in [-0.4, -0.2) is 47.1 Å². The Kier molecular flexibility index (Phi) is 5.55. The van der Waals surface area contributed by atoms with Gasteiger partial charge in [-0.1, -0.05) is 12.1 Å². The van der Waals surface area contributed by atoms with Crippen molar-refractivity contribution in [1.29, 1.82) is 0 Å². The molecule has 3 heterocycles. The van der Waals surface area contributed by atoms with Crippen LogP contribution in [0.2, 0.25) is 0 Å². The fraction of sp³-hybridized carbons (Fsp3) is 0.235. The SMILES string of the molecule is O=C(C=Cc1cccs1)NC(=S)N1CCN(c2ccccn2)CC1. The number of hydrogen-bond donors (Lipinski definition) is 1. The highest BCUT2D eigenvalue weighted by Gasteiger charge is 2.20. The molecule has 1 aliphatic rings. The van der Waals surface area contributed by atoms with E-state index in [2.05, 4.69) is 15.2 Å². The predicted octanol–water partition coefficient (Wildman–Crippen LogP) is 2.38. The van der Waals surface area contributed by atoms with Gasteiger partial charge in [0.15, 0.2) is 5.11 Å². The number of aromatic nitrogens is 1. The van der Waals surface area contributed by atoms with E-state index in [-0.39, 0.29) is 5.91 Å². The van der Waals surface area contributed by atoms with Crippen molar-refractivity contribution < 1.29 is 4.79 Å². The zero-order valence-corrected chi connectivity index (χ0v) is 14.7. The number of pyridine rings is 1. The zero-order chi connectivity index (χ0) is 16.8. The van der Waals surface area contributed by atoms with Crippen LogP contribution in [0.15, 0.2) is 48.0 Å². The molecular weight excluding hydrogens is 340 g/mol. The summed E-state index contributed by atoms with van der Waals surface area (Å²) in [5, 5.41) is 5.23. The molecule has 0 radical (unpaired) electrons. The first kappa shape index (κ1) is 16.6. The number of anilines is 1. The van der Waals surface area contributed by atoms with E-state index in [4.69, 9.17) is 12.2 Å². The number of rotatable bonds is 3. The van der Waals surface area contributed by atoms with E-state index in [9.17, 15) is 4.79 Å². The third kappa shape index (κ3) is 4.39. The minimum Gasteiger partial charge on any atom is -0.353 e. The normalized spacial score (nSPS) is 14.8. The van der Waals surface area contributed by atoms with Gasteiger partial charge in [0, 0.05) is 43.3 Å². The fourth-order valence-electron chi connectivity index (χ4n) is 2.45. The van der Waals surface area contributed by atoms with Crippen LogP contribution in [0.5, 0.6) is 0 Å². The van der Waals surface area contributed by atoms with Gasteiger partial charge in [-0.3, -0.25) is 10.1 Å². The molecule has 2 aromatic rings. The highest BCUT2D eigenvalue weighted by atomic mass is 32.1. The molecule has 0 atom stereocenters. The molecule has 0 spiro atoms. The Morgan fingerprint density at radius 3 is 2.71 bits per heavy atom. The number of nitrogens with one attached hydrogen (secondary N) is 1. The summed E-state index contributed by atoms with van der Waals surface area (Å²) >= 11 is 6.94. The minimum atomic E-state index is -0.194. The lowest BCUT2D eigenvalue weighted by Gasteiger charge is -2.36. The van der Waals surface area contributed by atoms with Gasteiger partial charge in [-0.15, -0.1) is 11.3 Å². The number of nitrogens with zero attached hydrogens (tertiary/aromatic N) is 3. The molecule has 124 valence electrons. The zero-order valence-electron chi connectivity index (χ0n) is 13.1. The Morgan fingerprint density at radius 2 is 2.04 bits per heavy atom. The van der Waals surface area contributed by atoms with Gasteiger partial charge in [0.05, 0.1) is 0 Å². The molecule has 1 N–H and O–H groups in total. The second-order valence-electron chi connectivity index (χ2n) is 5.31. The smallest absolute Gasteiger partial charge is 0.250 e. The highest BCUT2D eigenvalue weighted by Crippen LogP contribution is 2.13. The average molecular weight is 358 g/mol. The van der Waals surface area contributed by atoms with Gasteiger partial charge >= 0.3 is 0 Å². The number of carbonyl (C=O) groups excluding carboxylic acids is 1. The summed E-state index contributed by atoms with van der Waals surface area (Å²) in [6.45, 7) is 3.20. The molecule has 1 fully saturated rings. The van der Waals surface area contributed by atoms with Gasteiger partial charge in [0.1, 0.15) is 5.82 Å². The van der Waals surface area contributed by atoms with Crippen LogP contribution >= 0.6 is 23.6 Å². The molecule has 24 heavy (non-hydrogen) atoms. The van der Waals surface area contributed by atoms with Crippen molar-refractivity contribution >= 4 is 46.5 Å². The maximum absolute atomic E-state index is 11.9. The number of amides is 1. The van der Waals surface area contributed by atoms with Crippen molar-refractivity contribution in [1.82, 2.24) is 15.2 Å². The fourth-order valence-corrected chi connectivity index (χ4v) is 3.35. The van der Waals surface area contributed by atoms with Crippen molar-refractivity contribution in [2.24, 2.45) is 0 Å². The van der Waals surface area contributed by atoms with Gasteiger partial charge in [-0.05, 0) is 41.9 Å². The number of carbonyl (C=O) groups is 1. The molecule has 0 unspecified atom stereocenters. The highest BCUT2D eigenvalue weighted by molar-refractivity contribution is 7.80. The van der Waals surface area contributed by atoms with Crippen molar-refractivity contribution in [2.45, 2.75) is 0 Å². The first-order chi connectivity index (χ1) is 11.7. The van der Waals surface area contributed by atoms with Gasteiger partial charge in [0.2, 0.25) is 5.91 Å². The second kappa shape index (κ2) is 8.03. The van der Waals surface area contributed by atoms with Crippen molar-refractivity contribution in [2.75, 3.05) is 31.1 Å². The Labute approximate surface area is 150 Å². The molecule has 1 aliphatic heterocycles. The molecular formula is C17H18N4OS2. The van der Waals surface area contributed by atoms with Crippen molar-refractivity contribution in [3.05, 3.63) is 52.9 Å². The standard InChI is InChI=1S/C17H18N4OS2/c22-16(7-6-14-4-3-13-24-14)19-17(23)21-11-9-20(10-12-21)15-5-1-2-8-18-15/h1-8,13H,9-12H2,(H,19,22,23). The van der Waals surface area contributed by atoms with E-state index >= 15 is 0 Å². The molecule has 5 nitrogen and oxygen atoms in total.